The highest BCUT2D eigenvalue weighted by Crippen LogP contribution is 2.34. The Hall–Kier alpha value is -1.17. The molecule has 0 bridgehead atoms. The van der Waals surface area contributed by atoms with Crippen molar-refractivity contribution in [2.24, 2.45) is 23.2 Å². The summed E-state index contributed by atoms with van der Waals surface area (Å²) in [6.45, 7) is 10.5. The van der Waals surface area contributed by atoms with E-state index in [9.17, 15) is 15.0 Å². The molecule has 0 radical (unpaired) electrons. The lowest BCUT2D eigenvalue weighted by atomic mass is 9.81. The van der Waals surface area contributed by atoms with Gasteiger partial charge in [-0.2, -0.15) is 0 Å². The minimum Gasteiger partial charge on any atom is -0.462 e. The third-order valence-corrected chi connectivity index (χ3v) is 6.91. The van der Waals surface area contributed by atoms with Crippen molar-refractivity contribution in [2.75, 3.05) is 0 Å². The molecule has 7 atom stereocenters. The van der Waals surface area contributed by atoms with Crippen LogP contribution in [0.3, 0.4) is 0 Å². The zero-order valence-electron chi connectivity index (χ0n) is 19.4. The van der Waals surface area contributed by atoms with E-state index in [1.54, 1.807) is 0 Å². The van der Waals surface area contributed by atoms with Crippen LogP contribution in [0.2, 0.25) is 0 Å². The Kier molecular flexibility index (Phi) is 9.58. The average molecular weight is 423 g/mol. The van der Waals surface area contributed by atoms with Crippen molar-refractivity contribution in [1.29, 1.82) is 0 Å². The second-order valence-corrected chi connectivity index (χ2v) is 10.1. The molecule has 0 saturated carbocycles. The van der Waals surface area contributed by atoms with Gasteiger partial charge in [-0.15, -0.1) is 0 Å². The summed E-state index contributed by atoms with van der Waals surface area (Å²) >= 11 is 0. The molecule has 0 aromatic heterocycles. The van der Waals surface area contributed by atoms with E-state index in [1.165, 1.54) is 0 Å². The van der Waals surface area contributed by atoms with Crippen LogP contribution in [0.1, 0.15) is 79.6 Å². The number of carbonyl (C=O) groups excluding carboxylic acids is 1. The minimum atomic E-state index is -0.799. The van der Waals surface area contributed by atoms with Crippen molar-refractivity contribution in [1.82, 2.24) is 0 Å². The molecular weight excluding hydrogens is 380 g/mol. The van der Waals surface area contributed by atoms with Gasteiger partial charge in [0.2, 0.25) is 0 Å². The van der Waals surface area contributed by atoms with E-state index in [0.29, 0.717) is 24.2 Å². The first-order chi connectivity index (χ1) is 14.1. The number of hydrogen-bond donors (Lipinski definition) is 2. The molecule has 0 aromatic rings. The molecule has 30 heavy (non-hydrogen) atoms. The van der Waals surface area contributed by atoms with Gasteiger partial charge in [-0.05, 0) is 49.9 Å². The molecule has 2 rings (SSSR count). The first-order valence-electron chi connectivity index (χ1n) is 11.7. The summed E-state index contributed by atoms with van der Waals surface area (Å²) in [5.74, 6) is 0.747. The predicted molar refractivity (Wildman–Crippen MR) is 119 cm³/mol. The zero-order valence-corrected chi connectivity index (χ0v) is 19.4. The van der Waals surface area contributed by atoms with Crippen molar-refractivity contribution in [2.45, 2.75) is 104 Å². The molecule has 5 nitrogen and oxygen atoms in total. The lowest BCUT2D eigenvalue weighted by Gasteiger charge is -2.35. The summed E-state index contributed by atoms with van der Waals surface area (Å²) < 4.78 is 11.7. The number of aliphatic hydroxyl groups is 2. The van der Waals surface area contributed by atoms with Gasteiger partial charge in [-0.1, -0.05) is 58.9 Å². The van der Waals surface area contributed by atoms with Gasteiger partial charge in [0.15, 0.2) is 6.29 Å². The molecule has 5 heteroatoms. The first kappa shape index (κ1) is 25.1. The van der Waals surface area contributed by atoms with Crippen LogP contribution in [0.25, 0.3) is 0 Å². The van der Waals surface area contributed by atoms with Gasteiger partial charge in [0.05, 0.1) is 18.6 Å². The van der Waals surface area contributed by atoms with Crippen LogP contribution in [-0.2, 0) is 14.3 Å². The fourth-order valence-corrected chi connectivity index (χ4v) is 4.26. The number of cyclic esters (lactones) is 1. The Labute approximate surface area is 182 Å². The van der Waals surface area contributed by atoms with E-state index >= 15 is 0 Å². The Morgan fingerprint density at radius 1 is 1.17 bits per heavy atom. The van der Waals surface area contributed by atoms with Gasteiger partial charge >= 0.3 is 5.97 Å². The summed E-state index contributed by atoms with van der Waals surface area (Å²) in [6.07, 6.45) is 11.8. The second-order valence-electron chi connectivity index (χ2n) is 10.1. The molecule has 2 N–H and O–H groups in total. The highest BCUT2D eigenvalue weighted by Gasteiger charge is 2.33. The SMILES string of the molecule is CCC(C)(C)C(O)OC1CC(C)C=CC=C[C@H](C)[C@H](CC[C@@H]2C[C@@H](O)CC(=O)O2)C1. The minimum absolute atomic E-state index is 0.0380. The van der Waals surface area contributed by atoms with Gasteiger partial charge < -0.3 is 19.7 Å². The third-order valence-electron chi connectivity index (χ3n) is 6.91. The molecule has 0 spiro atoms. The molecule has 1 aliphatic carbocycles. The molecule has 0 amide bonds. The number of hydrogen-bond acceptors (Lipinski definition) is 5. The molecule has 3 unspecified atom stereocenters. The summed E-state index contributed by atoms with van der Waals surface area (Å²) in [5.41, 5.74) is -0.290. The van der Waals surface area contributed by atoms with Crippen LogP contribution in [0.5, 0.6) is 0 Å². The number of carbonyl (C=O) groups is 1. The summed E-state index contributed by atoms with van der Waals surface area (Å²) in [5, 5.41) is 20.6. The molecule has 1 heterocycles. The number of allylic oxidation sites excluding steroid dienone is 4. The van der Waals surface area contributed by atoms with Gasteiger partial charge in [0, 0.05) is 11.8 Å². The highest BCUT2D eigenvalue weighted by atomic mass is 16.6. The fourth-order valence-electron chi connectivity index (χ4n) is 4.26. The Morgan fingerprint density at radius 3 is 2.53 bits per heavy atom. The lowest BCUT2D eigenvalue weighted by molar-refractivity contribution is -0.199. The summed E-state index contributed by atoms with van der Waals surface area (Å²) in [7, 11) is 0. The Balaban J connectivity index is 2.09. The predicted octanol–water partition coefficient (Wildman–Crippen LogP) is 4.77. The van der Waals surface area contributed by atoms with Gasteiger partial charge in [0.1, 0.15) is 6.10 Å². The van der Waals surface area contributed by atoms with E-state index in [0.717, 1.165) is 32.1 Å². The maximum absolute atomic E-state index is 11.7. The standard InChI is InChI=1S/C25H42O5/c1-6-25(4,5)24(28)30-22-13-17(2)9-7-8-10-18(3)19(14-22)11-12-21-15-20(26)16-23(27)29-21/h7-10,17-22,24,26,28H,6,11-16H2,1-5H3/t17?,18-,19+,20+,21+,22?,24?/m0/s1. The maximum Gasteiger partial charge on any atom is 0.308 e. The van der Waals surface area contributed by atoms with Crippen molar-refractivity contribution in [3.8, 4) is 0 Å². The monoisotopic (exact) mass is 422 g/mol. The van der Waals surface area contributed by atoms with Crippen molar-refractivity contribution in [3.63, 3.8) is 0 Å². The van der Waals surface area contributed by atoms with Crippen LogP contribution in [0.15, 0.2) is 24.3 Å². The lowest BCUT2D eigenvalue weighted by Crippen LogP contribution is -2.37. The van der Waals surface area contributed by atoms with E-state index in [4.69, 9.17) is 9.47 Å². The first-order valence-corrected chi connectivity index (χ1v) is 11.7. The summed E-state index contributed by atoms with van der Waals surface area (Å²) in [4.78, 5) is 11.7. The molecule has 0 aromatic carbocycles. The van der Waals surface area contributed by atoms with Crippen LogP contribution < -0.4 is 0 Å². The van der Waals surface area contributed by atoms with Crippen LogP contribution >= 0.6 is 0 Å². The smallest absolute Gasteiger partial charge is 0.308 e. The van der Waals surface area contributed by atoms with E-state index in [1.807, 2.05) is 13.8 Å². The second kappa shape index (κ2) is 11.4. The van der Waals surface area contributed by atoms with Crippen LogP contribution in [0, 0.1) is 23.2 Å². The molecule has 2 aliphatic rings. The number of ether oxygens (including phenoxy) is 2. The number of rotatable bonds is 7. The topological polar surface area (TPSA) is 76.0 Å². The summed E-state index contributed by atoms with van der Waals surface area (Å²) in [6, 6.07) is 0. The van der Waals surface area contributed by atoms with E-state index in [2.05, 4.69) is 45.1 Å². The third kappa shape index (κ3) is 7.82. The largest absolute Gasteiger partial charge is 0.462 e. The van der Waals surface area contributed by atoms with Crippen molar-refractivity contribution in [3.05, 3.63) is 24.3 Å². The van der Waals surface area contributed by atoms with Gasteiger partial charge in [0.25, 0.3) is 0 Å². The van der Waals surface area contributed by atoms with Crippen LogP contribution in [-0.4, -0.2) is 40.8 Å². The number of aliphatic hydroxyl groups excluding tert-OH is 2. The molecular formula is C25H42O5. The van der Waals surface area contributed by atoms with Crippen molar-refractivity contribution < 1.29 is 24.5 Å². The van der Waals surface area contributed by atoms with Gasteiger partial charge in [-0.3, -0.25) is 4.79 Å². The van der Waals surface area contributed by atoms with Crippen LogP contribution in [0.4, 0.5) is 0 Å². The quantitative estimate of drug-likeness (QED) is 0.457. The Bertz CT molecular complexity index is 596. The van der Waals surface area contributed by atoms with Gasteiger partial charge in [-0.25, -0.2) is 0 Å². The maximum atomic E-state index is 11.7. The molecule has 1 saturated heterocycles. The van der Waals surface area contributed by atoms with E-state index < -0.39 is 12.4 Å². The van der Waals surface area contributed by atoms with E-state index in [-0.39, 0.29) is 30.0 Å². The molecule has 172 valence electrons. The highest BCUT2D eigenvalue weighted by molar-refractivity contribution is 5.70. The molecule has 1 aliphatic heterocycles. The normalized spacial score (nSPS) is 34.4. The number of esters is 1. The fraction of sp³-hybridized carbons (Fsp3) is 0.800. The Morgan fingerprint density at radius 2 is 1.87 bits per heavy atom. The average Bonchev–Trinajstić information content (AvgIpc) is 2.66. The zero-order chi connectivity index (χ0) is 22.3. The van der Waals surface area contributed by atoms with Crippen molar-refractivity contribution >= 4 is 5.97 Å². The molecule has 1 fully saturated rings.